The van der Waals surface area contributed by atoms with Gasteiger partial charge in [0.2, 0.25) is 0 Å². The minimum absolute atomic E-state index is 0.0664. The van der Waals surface area contributed by atoms with Gasteiger partial charge in [0.25, 0.3) is 5.91 Å². The molecule has 1 saturated heterocycles. The Bertz CT molecular complexity index is 395. The molecule has 98 valence electrons. The van der Waals surface area contributed by atoms with Crippen LogP contribution in [0.15, 0.2) is 18.5 Å². The van der Waals surface area contributed by atoms with Gasteiger partial charge in [-0.3, -0.25) is 4.79 Å². The third kappa shape index (κ3) is 2.67. The number of piperazine rings is 1. The van der Waals surface area contributed by atoms with Crippen LogP contribution in [-0.2, 0) is 0 Å². The van der Waals surface area contributed by atoms with Gasteiger partial charge < -0.3 is 10.2 Å². The van der Waals surface area contributed by atoms with Gasteiger partial charge in [-0.1, -0.05) is 13.8 Å². The number of aromatic nitrogens is 2. The van der Waals surface area contributed by atoms with Crippen LogP contribution in [0.3, 0.4) is 0 Å². The van der Waals surface area contributed by atoms with Crippen LogP contribution in [0.5, 0.6) is 0 Å². The van der Waals surface area contributed by atoms with Crippen molar-refractivity contribution in [3.63, 3.8) is 0 Å². The number of rotatable bonds is 3. The Morgan fingerprint density at radius 1 is 1.44 bits per heavy atom. The summed E-state index contributed by atoms with van der Waals surface area (Å²) in [6.07, 6.45) is 5.11. The van der Waals surface area contributed by atoms with Gasteiger partial charge in [0.1, 0.15) is 0 Å². The summed E-state index contributed by atoms with van der Waals surface area (Å²) in [6.45, 7) is 5.90. The lowest BCUT2D eigenvalue weighted by atomic mass is 10.0. The second-order valence-electron chi connectivity index (χ2n) is 4.66. The zero-order valence-corrected chi connectivity index (χ0v) is 11.0. The van der Waals surface area contributed by atoms with Gasteiger partial charge in [-0.05, 0) is 18.9 Å². The molecule has 2 unspecified atom stereocenters. The average Bonchev–Trinajstić information content (AvgIpc) is 2.46. The normalized spacial score (nSPS) is 24.0. The van der Waals surface area contributed by atoms with Crippen LogP contribution in [0.4, 0.5) is 0 Å². The molecule has 0 aliphatic carbocycles. The third-order valence-corrected chi connectivity index (χ3v) is 3.56. The van der Waals surface area contributed by atoms with Crippen molar-refractivity contribution in [3.05, 3.63) is 24.0 Å². The highest BCUT2D eigenvalue weighted by Gasteiger charge is 2.30. The number of nitrogens with one attached hydrogen (secondary N) is 1. The summed E-state index contributed by atoms with van der Waals surface area (Å²) >= 11 is 0. The number of amides is 1. The molecule has 0 saturated carbocycles. The number of hydrogen-bond acceptors (Lipinski definition) is 4. The lowest BCUT2D eigenvalue weighted by Crippen LogP contribution is -2.57. The van der Waals surface area contributed by atoms with Crippen molar-refractivity contribution in [2.24, 2.45) is 0 Å². The van der Waals surface area contributed by atoms with E-state index in [4.69, 9.17) is 0 Å². The molecule has 1 amide bonds. The van der Waals surface area contributed by atoms with Gasteiger partial charge in [-0.2, -0.15) is 10.2 Å². The fourth-order valence-corrected chi connectivity index (χ4v) is 2.33. The maximum absolute atomic E-state index is 12.5. The maximum Gasteiger partial charge on any atom is 0.255 e. The van der Waals surface area contributed by atoms with E-state index in [0.29, 0.717) is 11.6 Å². The Balaban J connectivity index is 2.15. The summed E-state index contributed by atoms with van der Waals surface area (Å²) in [5.74, 6) is 0.0664. The van der Waals surface area contributed by atoms with Crippen LogP contribution < -0.4 is 5.32 Å². The number of nitrogens with zero attached hydrogens (tertiary/aromatic N) is 3. The largest absolute Gasteiger partial charge is 0.333 e. The highest BCUT2D eigenvalue weighted by molar-refractivity contribution is 5.94. The first-order chi connectivity index (χ1) is 8.76. The Kier molecular flexibility index (Phi) is 4.25. The first-order valence-electron chi connectivity index (χ1n) is 6.57. The second kappa shape index (κ2) is 5.91. The molecule has 2 atom stereocenters. The van der Waals surface area contributed by atoms with Crippen molar-refractivity contribution in [1.29, 1.82) is 0 Å². The number of carbonyl (C=O) groups is 1. The van der Waals surface area contributed by atoms with Crippen LogP contribution in [0.25, 0.3) is 0 Å². The molecule has 18 heavy (non-hydrogen) atoms. The van der Waals surface area contributed by atoms with Gasteiger partial charge in [0.15, 0.2) is 0 Å². The van der Waals surface area contributed by atoms with E-state index in [1.165, 1.54) is 6.20 Å². The summed E-state index contributed by atoms with van der Waals surface area (Å²) in [5, 5.41) is 11.0. The van der Waals surface area contributed by atoms with E-state index < -0.39 is 0 Å². The van der Waals surface area contributed by atoms with Gasteiger partial charge in [0, 0.05) is 25.2 Å². The lowest BCUT2D eigenvalue weighted by Gasteiger charge is -2.40. The molecule has 1 N–H and O–H groups in total. The molecule has 1 aromatic rings. The molecule has 1 aliphatic rings. The lowest BCUT2D eigenvalue weighted by molar-refractivity contribution is 0.0575. The molecular formula is C13H20N4O. The van der Waals surface area contributed by atoms with Crippen molar-refractivity contribution in [1.82, 2.24) is 20.4 Å². The zero-order valence-electron chi connectivity index (χ0n) is 11.0. The molecule has 0 radical (unpaired) electrons. The van der Waals surface area contributed by atoms with Crippen molar-refractivity contribution in [2.75, 3.05) is 13.1 Å². The molecular weight excluding hydrogens is 228 g/mol. The summed E-state index contributed by atoms with van der Waals surface area (Å²) in [6, 6.07) is 2.39. The van der Waals surface area contributed by atoms with Gasteiger partial charge >= 0.3 is 0 Å². The molecule has 2 heterocycles. The monoisotopic (exact) mass is 248 g/mol. The molecule has 0 spiro atoms. The Labute approximate surface area is 108 Å². The van der Waals surface area contributed by atoms with Gasteiger partial charge in [-0.25, -0.2) is 0 Å². The summed E-state index contributed by atoms with van der Waals surface area (Å²) < 4.78 is 0. The fourth-order valence-electron chi connectivity index (χ4n) is 2.33. The van der Waals surface area contributed by atoms with E-state index in [-0.39, 0.29) is 11.9 Å². The van der Waals surface area contributed by atoms with Crippen molar-refractivity contribution < 1.29 is 4.79 Å². The van der Waals surface area contributed by atoms with E-state index in [1.807, 2.05) is 4.90 Å². The van der Waals surface area contributed by atoms with E-state index in [2.05, 4.69) is 29.4 Å². The zero-order chi connectivity index (χ0) is 13.0. The fraction of sp³-hybridized carbons (Fsp3) is 0.615. The van der Waals surface area contributed by atoms with Crippen LogP contribution in [0.1, 0.15) is 37.0 Å². The minimum atomic E-state index is 0.0664. The standard InChI is InChI=1S/C13H20N4O/c1-3-11-9-17(12(4-2)8-14-11)13(18)10-5-6-15-16-7-10/h5-7,11-12,14H,3-4,8-9H2,1-2H3. The van der Waals surface area contributed by atoms with Gasteiger partial charge in [-0.15, -0.1) is 0 Å². The highest BCUT2D eigenvalue weighted by atomic mass is 16.2. The third-order valence-electron chi connectivity index (χ3n) is 3.56. The summed E-state index contributed by atoms with van der Waals surface area (Å²) in [7, 11) is 0. The Morgan fingerprint density at radius 3 is 2.89 bits per heavy atom. The second-order valence-corrected chi connectivity index (χ2v) is 4.66. The average molecular weight is 248 g/mol. The Morgan fingerprint density at radius 2 is 2.28 bits per heavy atom. The SMILES string of the molecule is CCC1CN(C(=O)c2ccnnc2)C(CC)CN1. The molecule has 1 aromatic heterocycles. The van der Waals surface area contributed by atoms with E-state index >= 15 is 0 Å². The Hall–Kier alpha value is -1.49. The van der Waals surface area contributed by atoms with Crippen LogP contribution in [0.2, 0.25) is 0 Å². The quantitative estimate of drug-likeness (QED) is 0.869. The van der Waals surface area contributed by atoms with Crippen molar-refractivity contribution in [2.45, 2.75) is 38.8 Å². The van der Waals surface area contributed by atoms with E-state index in [9.17, 15) is 4.79 Å². The van der Waals surface area contributed by atoms with E-state index in [1.54, 1.807) is 12.3 Å². The molecule has 2 rings (SSSR count). The molecule has 5 heteroatoms. The molecule has 1 fully saturated rings. The van der Waals surface area contributed by atoms with Crippen LogP contribution >= 0.6 is 0 Å². The minimum Gasteiger partial charge on any atom is -0.333 e. The van der Waals surface area contributed by atoms with E-state index in [0.717, 1.165) is 25.9 Å². The summed E-state index contributed by atoms with van der Waals surface area (Å²) in [4.78, 5) is 14.4. The predicted octanol–water partition coefficient (Wildman–Crippen LogP) is 1.08. The van der Waals surface area contributed by atoms with Crippen molar-refractivity contribution in [3.8, 4) is 0 Å². The van der Waals surface area contributed by atoms with Crippen LogP contribution in [-0.4, -0.2) is 46.2 Å². The van der Waals surface area contributed by atoms with Gasteiger partial charge in [0.05, 0.1) is 18.0 Å². The first-order valence-corrected chi connectivity index (χ1v) is 6.57. The van der Waals surface area contributed by atoms with Crippen molar-refractivity contribution >= 4 is 5.91 Å². The first kappa shape index (κ1) is 13.0. The number of carbonyl (C=O) groups excluding carboxylic acids is 1. The predicted molar refractivity (Wildman–Crippen MR) is 69.2 cm³/mol. The number of hydrogen-bond donors (Lipinski definition) is 1. The molecule has 1 aliphatic heterocycles. The molecule has 0 bridgehead atoms. The highest BCUT2D eigenvalue weighted by Crippen LogP contribution is 2.15. The topological polar surface area (TPSA) is 58.1 Å². The molecule has 5 nitrogen and oxygen atoms in total. The van der Waals surface area contributed by atoms with Crippen LogP contribution in [0, 0.1) is 0 Å². The smallest absolute Gasteiger partial charge is 0.255 e. The maximum atomic E-state index is 12.5. The molecule has 0 aromatic carbocycles. The summed E-state index contributed by atoms with van der Waals surface area (Å²) in [5.41, 5.74) is 0.625.